The fraction of sp³-hybridized carbons (Fsp3) is 0.389. The first kappa shape index (κ1) is 19.2. The lowest BCUT2D eigenvalue weighted by molar-refractivity contribution is 0.265. The Kier molecular flexibility index (Phi) is 7.24. The van der Waals surface area contributed by atoms with Crippen molar-refractivity contribution in [2.24, 2.45) is 0 Å². The summed E-state index contributed by atoms with van der Waals surface area (Å²) in [7, 11) is 0.123. The molecule has 1 heterocycles. The van der Waals surface area contributed by atoms with Crippen molar-refractivity contribution in [3.8, 4) is 22.6 Å². The van der Waals surface area contributed by atoms with Gasteiger partial charge in [-0.1, -0.05) is 13.0 Å². The Bertz CT molecular complexity index is 680. The Morgan fingerprint density at radius 2 is 1.92 bits per heavy atom. The van der Waals surface area contributed by atoms with E-state index in [9.17, 15) is 15.2 Å². The Morgan fingerprint density at radius 1 is 1.12 bits per heavy atom. The van der Waals surface area contributed by atoms with Gasteiger partial charge in [0.25, 0.3) is 0 Å². The van der Waals surface area contributed by atoms with Crippen molar-refractivity contribution in [1.82, 2.24) is 4.98 Å². The van der Waals surface area contributed by atoms with Crippen LogP contribution in [0.25, 0.3) is 11.1 Å². The predicted molar refractivity (Wildman–Crippen MR) is 96.8 cm³/mol. The number of hydrogen-bond donors (Lipinski definition) is 3. The maximum absolute atomic E-state index is 9.51. The Hall–Kier alpha value is -2.09. The number of benzene rings is 1. The molecule has 1 aromatic carbocycles. The SMILES string of the molecule is CCCOc1cc(-c2cncc([C@H](CO)CB(O)O)c2)ccc1OC. The van der Waals surface area contributed by atoms with E-state index in [1.807, 2.05) is 31.2 Å². The fourth-order valence-corrected chi connectivity index (χ4v) is 2.59. The number of pyridine rings is 1. The van der Waals surface area contributed by atoms with Gasteiger partial charge in [0, 0.05) is 30.5 Å². The minimum Gasteiger partial charge on any atom is -0.493 e. The van der Waals surface area contributed by atoms with Crippen molar-refractivity contribution >= 4 is 7.12 Å². The molecule has 0 aliphatic carbocycles. The number of aromatic nitrogens is 1. The summed E-state index contributed by atoms with van der Waals surface area (Å²) in [6.45, 7) is 2.45. The van der Waals surface area contributed by atoms with Gasteiger partial charge in [-0.3, -0.25) is 4.98 Å². The second-order valence-electron chi connectivity index (χ2n) is 5.82. The summed E-state index contributed by atoms with van der Waals surface area (Å²) in [6.07, 6.45) is 4.30. The van der Waals surface area contributed by atoms with Crippen LogP contribution in [0.4, 0.5) is 0 Å². The molecule has 0 spiro atoms. The molecule has 0 aliphatic heterocycles. The van der Waals surface area contributed by atoms with Crippen molar-refractivity contribution in [2.45, 2.75) is 25.6 Å². The molecule has 0 fully saturated rings. The third kappa shape index (κ3) is 5.19. The molecule has 0 amide bonds. The molecule has 0 saturated heterocycles. The lowest BCUT2D eigenvalue weighted by Crippen LogP contribution is -2.18. The Labute approximate surface area is 148 Å². The topological polar surface area (TPSA) is 92.0 Å². The van der Waals surface area contributed by atoms with Crippen LogP contribution in [0, 0.1) is 0 Å². The molecule has 0 unspecified atom stereocenters. The van der Waals surface area contributed by atoms with Crippen molar-refractivity contribution in [2.75, 3.05) is 20.3 Å². The molecule has 1 atom stereocenters. The number of nitrogens with zero attached hydrogens (tertiary/aromatic N) is 1. The van der Waals surface area contributed by atoms with E-state index in [4.69, 9.17) is 9.47 Å². The molecular weight excluding hydrogens is 321 g/mol. The van der Waals surface area contributed by atoms with Gasteiger partial charge in [0.2, 0.25) is 0 Å². The highest BCUT2D eigenvalue weighted by atomic mass is 16.5. The van der Waals surface area contributed by atoms with Crippen molar-refractivity contribution in [3.05, 3.63) is 42.2 Å². The standard InChI is InChI=1S/C18H24BNO5/c1-3-6-25-18-8-13(4-5-17(18)24-2)14-7-15(11-20-10-14)16(12-21)9-19(22)23/h4-5,7-8,10-11,16,21-23H,3,6,9,12H2,1-2H3/t16-/m0/s1. The van der Waals surface area contributed by atoms with E-state index in [1.165, 1.54) is 0 Å². The molecule has 2 rings (SSSR count). The lowest BCUT2D eigenvalue weighted by atomic mass is 9.76. The third-order valence-corrected chi connectivity index (χ3v) is 3.91. The largest absolute Gasteiger partial charge is 0.493 e. The second kappa shape index (κ2) is 9.41. The summed E-state index contributed by atoms with van der Waals surface area (Å²) >= 11 is 0. The van der Waals surface area contributed by atoms with E-state index >= 15 is 0 Å². The van der Waals surface area contributed by atoms with Crippen LogP contribution < -0.4 is 9.47 Å². The highest BCUT2D eigenvalue weighted by Gasteiger charge is 2.19. The van der Waals surface area contributed by atoms with Crippen LogP contribution in [0.5, 0.6) is 11.5 Å². The van der Waals surface area contributed by atoms with Gasteiger partial charge >= 0.3 is 7.12 Å². The minimum absolute atomic E-state index is 0.0507. The fourth-order valence-electron chi connectivity index (χ4n) is 2.59. The van der Waals surface area contributed by atoms with Gasteiger partial charge in [0.1, 0.15) is 0 Å². The zero-order valence-electron chi connectivity index (χ0n) is 14.6. The molecule has 25 heavy (non-hydrogen) atoms. The predicted octanol–water partition coefficient (Wildman–Crippen LogP) is 2.09. The first-order chi connectivity index (χ1) is 12.1. The zero-order chi connectivity index (χ0) is 18.2. The second-order valence-corrected chi connectivity index (χ2v) is 5.82. The minimum atomic E-state index is -1.48. The molecule has 0 radical (unpaired) electrons. The van der Waals surface area contributed by atoms with E-state index in [-0.39, 0.29) is 18.8 Å². The smallest absolute Gasteiger partial charge is 0.452 e. The first-order valence-electron chi connectivity index (χ1n) is 8.32. The molecule has 0 saturated carbocycles. The molecule has 0 aliphatic rings. The lowest BCUT2D eigenvalue weighted by Gasteiger charge is -2.15. The van der Waals surface area contributed by atoms with Gasteiger partial charge in [0.05, 0.1) is 13.7 Å². The molecule has 6 nitrogen and oxygen atoms in total. The molecule has 7 heteroatoms. The summed E-state index contributed by atoms with van der Waals surface area (Å²) < 4.78 is 11.1. The number of aliphatic hydroxyl groups excluding tert-OH is 1. The summed E-state index contributed by atoms with van der Waals surface area (Å²) in [5, 5.41) is 27.9. The first-order valence-corrected chi connectivity index (χ1v) is 8.32. The van der Waals surface area contributed by atoms with Gasteiger partial charge in [0.15, 0.2) is 11.5 Å². The average Bonchev–Trinajstić information content (AvgIpc) is 2.64. The average molecular weight is 345 g/mol. The van der Waals surface area contributed by atoms with Crippen molar-refractivity contribution in [1.29, 1.82) is 0 Å². The van der Waals surface area contributed by atoms with Crippen molar-refractivity contribution in [3.63, 3.8) is 0 Å². The maximum Gasteiger partial charge on any atom is 0.452 e. The molecule has 134 valence electrons. The van der Waals surface area contributed by atoms with Gasteiger partial charge < -0.3 is 24.6 Å². The van der Waals surface area contributed by atoms with Crippen LogP contribution in [-0.2, 0) is 0 Å². The quantitative estimate of drug-likeness (QED) is 0.603. The number of hydrogen-bond acceptors (Lipinski definition) is 6. The maximum atomic E-state index is 9.51. The highest BCUT2D eigenvalue weighted by molar-refractivity contribution is 6.41. The molecule has 2 aromatic rings. The van der Waals surface area contributed by atoms with E-state index in [1.54, 1.807) is 19.5 Å². The van der Waals surface area contributed by atoms with Crippen LogP contribution in [-0.4, -0.2) is 47.6 Å². The van der Waals surface area contributed by atoms with E-state index in [2.05, 4.69) is 4.98 Å². The van der Waals surface area contributed by atoms with Crippen LogP contribution in [0.1, 0.15) is 24.8 Å². The summed E-state index contributed by atoms with van der Waals surface area (Å²) in [4.78, 5) is 4.23. The van der Waals surface area contributed by atoms with Gasteiger partial charge in [-0.05, 0) is 42.1 Å². The van der Waals surface area contributed by atoms with E-state index in [0.717, 1.165) is 23.1 Å². The van der Waals surface area contributed by atoms with E-state index in [0.29, 0.717) is 18.1 Å². The number of rotatable bonds is 9. The normalized spacial score (nSPS) is 11.9. The van der Waals surface area contributed by atoms with Crippen LogP contribution in [0.15, 0.2) is 36.7 Å². The number of ether oxygens (including phenoxy) is 2. The Balaban J connectivity index is 2.33. The van der Waals surface area contributed by atoms with Crippen LogP contribution >= 0.6 is 0 Å². The summed E-state index contributed by atoms with van der Waals surface area (Å²) in [5.41, 5.74) is 2.51. The molecule has 3 N–H and O–H groups in total. The number of aliphatic hydroxyl groups is 1. The zero-order valence-corrected chi connectivity index (χ0v) is 14.6. The highest BCUT2D eigenvalue weighted by Crippen LogP contribution is 2.33. The van der Waals surface area contributed by atoms with Crippen molar-refractivity contribution < 1.29 is 24.6 Å². The number of methoxy groups -OCH3 is 1. The van der Waals surface area contributed by atoms with Crippen LogP contribution in [0.3, 0.4) is 0 Å². The van der Waals surface area contributed by atoms with Crippen LogP contribution in [0.2, 0.25) is 6.32 Å². The molecule has 0 bridgehead atoms. The third-order valence-electron chi connectivity index (χ3n) is 3.91. The molecular formula is C18H24BNO5. The van der Waals surface area contributed by atoms with Gasteiger partial charge in [-0.25, -0.2) is 0 Å². The molecule has 1 aromatic heterocycles. The van der Waals surface area contributed by atoms with E-state index < -0.39 is 7.12 Å². The monoisotopic (exact) mass is 345 g/mol. The summed E-state index contributed by atoms with van der Waals surface area (Å²) in [5.74, 6) is 0.941. The summed E-state index contributed by atoms with van der Waals surface area (Å²) in [6, 6.07) is 7.53. The Morgan fingerprint density at radius 3 is 2.56 bits per heavy atom. The van der Waals surface area contributed by atoms with Gasteiger partial charge in [-0.15, -0.1) is 0 Å². The van der Waals surface area contributed by atoms with Gasteiger partial charge in [-0.2, -0.15) is 0 Å².